The minimum absolute atomic E-state index is 0.0258. The van der Waals surface area contributed by atoms with E-state index in [4.69, 9.17) is 13.7 Å². The molecule has 1 amide bonds. The average molecular weight is 431 g/mol. The second-order valence-corrected chi connectivity index (χ2v) is 8.34. The molecule has 32 heavy (non-hydrogen) atoms. The van der Waals surface area contributed by atoms with E-state index < -0.39 is 6.10 Å². The van der Waals surface area contributed by atoms with Gasteiger partial charge in [-0.2, -0.15) is 4.98 Å². The first-order valence-electron chi connectivity index (χ1n) is 10.8. The van der Waals surface area contributed by atoms with Gasteiger partial charge in [-0.05, 0) is 49.6 Å². The smallest absolute Gasteiger partial charge is 0.257 e. The van der Waals surface area contributed by atoms with Gasteiger partial charge in [-0.1, -0.05) is 29.4 Å². The van der Waals surface area contributed by atoms with Crippen molar-refractivity contribution >= 4 is 16.9 Å². The summed E-state index contributed by atoms with van der Waals surface area (Å²) in [6.07, 6.45) is 1.52. The molecule has 0 unspecified atom stereocenters. The highest BCUT2D eigenvalue weighted by Crippen LogP contribution is 2.28. The average Bonchev–Trinajstić information content (AvgIpc) is 3.43. The van der Waals surface area contributed by atoms with E-state index in [9.17, 15) is 4.79 Å². The van der Waals surface area contributed by atoms with Crippen LogP contribution in [-0.4, -0.2) is 40.6 Å². The summed E-state index contributed by atoms with van der Waals surface area (Å²) in [6, 6.07) is 12.0. The van der Waals surface area contributed by atoms with E-state index in [2.05, 4.69) is 30.1 Å². The van der Waals surface area contributed by atoms with Crippen LogP contribution in [0.3, 0.4) is 0 Å². The molecule has 1 saturated heterocycles. The van der Waals surface area contributed by atoms with Crippen LogP contribution < -0.4 is 0 Å². The van der Waals surface area contributed by atoms with E-state index in [1.54, 1.807) is 11.2 Å². The van der Waals surface area contributed by atoms with E-state index >= 15 is 0 Å². The predicted molar refractivity (Wildman–Crippen MR) is 119 cm³/mol. The number of aromatic nitrogens is 2. The van der Waals surface area contributed by atoms with Crippen molar-refractivity contribution < 1.29 is 18.5 Å². The molecule has 7 heteroatoms. The number of hydrogen-bond acceptors (Lipinski definition) is 6. The summed E-state index contributed by atoms with van der Waals surface area (Å²) in [6.45, 7) is 7.45. The molecule has 0 radical (unpaired) electrons. The van der Waals surface area contributed by atoms with Crippen LogP contribution in [0.2, 0.25) is 0 Å². The van der Waals surface area contributed by atoms with Crippen LogP contribution in [0.25, 0.3) is 22.4 Å². The maximum Gasteiger partial charge on any atom is 0.257 e. The van der Waals surface area contributed by atoms with E-state index in [0.29, 0.717) is 31.4 Å². The van der Waals surface area contributed by atoms with Gasteiger partial charge in [-0.15, -0.1) is 0 Å². The summed E-state index contributed by atoms with van der Waals surface area (Å²) in [5.74, 6) is 0.944. The Morgan fingerprint density at radius 3 is 2.78 bits per heavy atom. The van der Waals surface area contributed by atoms with Crippen LogP contribution in [0.5, 0.6) is 0 Å². The molecule has 1 aliphatic rings. The van der Waals surface area contributed by atoms with Crippen LogP contribution in [0.1, 0.15) is 34.2 Å². The number of fused-ring (bicyclic) bond motifs is 1. The van der Waals surface area contributed by atoms with E-state index in [0.717, 1.165) is 27.7 Å². The molecule has 5 rings (SSSR count). The summed E-state index contributed by atoms with van der Waals surface area (Å²) in [7, 11) is 0. The van der Waals surface area contributed by atoms with Crippen molar-refractivity contribution in [2.75, 3.05) is 19.7 Å². The lowest BCUT2D eigenvalue weighted by Crippen LogP contribution is -2.43. The second-order valence-electron chi connectivity index (χ2n) is 8.34. The number of carbonyl (C=O) groups is 1. The van der Waals surface area contributed by atoms with Gasteiger partial charge >= 0.3 is 0 Å². The van der Waals surface area contributed by atoms with Gasteiger partial charge in [-0.25, -0.2) is 0 Å². The Labute approximate surface area is 186 Å². The number of carbonyl (C=O) groups excluding carboxylic acids is 1. The number of benzene rings is 2. The lowest BCUT2D eigenvalue weighted by molar-refractivity contribution is -0.139. The summed E-state index contributed by atoms with van der Waals surface area (Å²) in [5.41, 5.74) is 6.05. The van der Waals surface area contributed by atoms with Gasteiger partial charge < -0.3 is 18.6 Å². The fourth-order valence-corrected chi connectivity index (χ4v) is 4.07. The maximum absolute atomic E-state index is 13.1. The normalized spacial score (nSPS) is 16.6. The van der Waals surface area contributed by atoms with Crippen molar-refractivity contribution in [2.45, 2.75) is 33.3 Å². The van der Waals surface area contributed by atoms with Crippen LogP contribution in [0.4, 0.5) is 0 Å². The van der Waals surface area contributed by atoms with Crippen molar-refractivity contribution in [1.29, 1.82) is 0 Å². The molecular weight excluding hydrogens is 406 g/mol. The first-order chi connectivity index (χ1) is 15.5. The number of hydrogen-bond donors (Lipinski definition) is 0. The standard InChI is InChI=1S/C25H25N3O4/c1-15-6-4-5-7-19(15)24-26-25(32-27-24)22-13-28(8-9-30-22)23(29)12-18-14-31-21-11-17(3)16(2)10-20(18)21/h4-7,10-11,14,22H,8-9,12-13H2,1-3H3/t22-/m1/s1. The fraction of sp³-hybridized carbons (Fsp3) is 0.320. The van der Waals surface area contributed by atoms with Crippen LogP contribution in [0.15, 0.2) is 51.6 Å². The van der Waals surface area contributed by atoms with E-state index in [1.807, 2.05) is 37.3 Å². The minimum atomic E-state index is -0.441. The fourth-order valence-electron chi connectivity index (χ4n) is 4.07. The Balaban J connectivity index is 1.31. The summed E-state index contributed by atoms with van der Waals surface area (Å²) < 4.78 is 17.0. The lowest BCUT2D eigenvalue weighted by Gasteiger charge is -2.31. The van der Waals surface area contributed by atoms with Crippen molar-refractivity contribution in [2.24, 2.45) is 0 Å². The number of furan rings is 1. The zero-order valence-electron chi connectivity index (χ0n) is 18.4. The molecule has 3 heterocycles. The van der Waals surface area contributed by atoms with E-state index in [-0.39, 0.29) is 12.3 Å². The number of rotatable bonds is 4. The van der Waals surface area contributed by atoms with Crippen molar-refractivity contribution in [1.82, 2.24) is 15.0 Å². The van der Waals surface area contributed by atoms with Crippen molar-refractivity contribution in [3.8, 4) is 11.4 Å². The molecule has 0 saturated carbocycles. The summed E-state index contributed by atoms with van der Waals surface area (Å²) >= 11 is 0. The van der Waals surface area contributed by atoms with Gasteiger partial charge in [0, 0.05) is 23.1 Å². The highest BCUT2D eigenvalue weighted by atomic mass is 16.5. The molecule has 0 spiro atoms. The second kappa shape index (κ2) is 8.24. The number of aryl methyl sites for hydroxylation is 3. The van der Waals surface area contributed by atoms with Gasteiger partial charge in [0.05, 0.1) is 25.8 Å². The Morgan fingerprint density at radius 1 is 1.12 bits per heavy atom. The SMILES string of the molecule is Cc1cc2occ(CC(=O)N3CCO[C@@H](c4nc(-c5ccccc5C)no4)C3)c2cc1C. The van der Waals surface area contributed by atoms with Crippen LogP contribution >= 0.6 is 0 Å². The van der Waals surface area contributed by atoms with E-state index in [1.165, 1.54) is 11.1 Å². The quantitative estimate of drug-likeness (QED) is 0.471. The van der Waals surface area contributed by atoms with Gasteiger partial charge in [0.25, 0.3) is 5.89 Å². The molecule has 1 fully saturated rings. The molecule has 164 valence electrons. The Hall–Kier alpha value is -3.45. The predicted octanol–water partition coefficient (Wildman–Crippen LogP) is 4.55. The monoisotopic (exact) mass is 431 g/mol. The van der Waals surface area contributed by atoms with Gasteiger partial charge in [0.1, 0.15) is 5.58 Å². The van der Waals surface area contributed by atoms with Gasteiger partial charge in [-0.3, -0.25) is 4.79 Å². The van der Waals surface area contributed by atoms with Crippen LogP contribution in [-0.2, 0) is 16.0 Å². The van der Waals surface area contributed by atoms with Gasteiger partial charge in [0.2, 0.25) is 11.7 Å². The third-order valence-corrected chi connectivity index (χ3v) is 6.13. The molecule has 1 aliphatic heterocycles. The third-order valence-electron chi connectivity index (χ3n) is 6.13. The number of amides is 1. The summed E-state index contributed by atoms with van der Waals surface area (Å²) in [4.78, 5) is 19.4. The first kappa shape index (κ1) is 20.5. The Kier molecular flexibility index (Phi) is 5.27. The lowest BCUT2D eigenvalue weighted by atomic mass is 10.0. The molecule has 7 nitrogen and oxygen atoms in total. The number of nitrogens with zero attached hydrogens (tertiary/aromatic N) is 3. The maximum atomic E-state index is 13.1. The molecule has 0 N–H and O–H groups in total. The molecule has 0 aliphatic carbocycles. The zero-order valence-corrected chi connectivity index (χ0v) is 18.4. The zero-order chi connectivity index (χ0) is 22.2. The van der Waals surface area contributed by atoms with Crippen LogP contribution in [0, 0.1) is 20.8 Å². The number of morpholine rings is 1. The molecule has 1 atom stereocenters. The van der Waals surface area contributed by atoms with Crippen molar-refractivity contribution in [3.63, 3.8) is 0 Å². The highest BCUT2D eigenvalue weighted by Gasteiger charge is 2.30. The number of ether oxygens (including phenoxy) is 1. The first-order valence-corrected chi connectivity index (χ1v) is 10.8. The summed E-state index contributed by atoms with van der Waals surface area (Å²) in [5, 5.41) is 5.11. The largest absolute Gasteiger partial charge is 0.464 e. The molecule has 4 aromatic rings. The Morgan fingerprint density at radius 2 is 1.94 bits per heavy atom. The minimum Gasteiger partial charge on any atom is -0.464 e. The highest BCUT2D eigenvalue weighted by molar-refractivity contribution is 5.88. The molecule has 0 bridgehead atoms. The topological polar surface area (TPSA) is 81.6 Å². The Bertz CT molecular complexity index is 1290. The molecular formula is C25H25N3O4. The van der Waals surface area contributed by atoms with Crippen molar-refractivity contribution in [3.05, 3.63) is 70.8 Å². The third kappa shape index (κ3) is 3.80. The molecule has 2 aromatic carbocycles. The molecule has 2 aromatic heterocycles. The van der Waals surface area contributed by atoms with Gasteiger partial charge in [0.15, 0.2) is 6.10 Å².